The molecule has 0 spiro atoms. The van der Waals surface area contributed by atoms with Crippen LogP contribution in [0.15, 0.2) is 77.3 Å². The molecule has 1 unspecified atom stereocenters. The third-order valence-corrected chi connectivity index (χ3v) is 4.68. The second-order valence-corrected chi connectivity index (χ2v) is 7.18. The molecule has 142 valence electrons. The highest BCUT2D eigenvalue weighted by Gasteiger charge is 2.12. The smallest absolute Gasteiger partial charge is 0.251 e. The van der Waals surface area contributed by atoms with Gasteiger partial charge in [0.25, 0.3) is 5.91 Å². The fraction of sp³-hybridized carbons (Fsp3) is 0.0909. The molecule has 6 heteroatoms. The average Bonchev–Trinajstić information content (AvgIpc) is 2.69. The number of carbonyl (C=O) groups excluding carboxylic acids is 2. The summed E-state index contributed by atoms with van der Waals surface area (Å²) >= 11 is 3.44. The van der Waals surface area contributed by atoms with Crippen molar-refractivity contribution in [2.24, 2.45) is 5.73 Å². The van der Waals surface area contributed by atoms with Crippen molar-refractivity contribution in [3.63, 3.8) is 0 Å². The molecule has 0 heterocycles. The highest BCUT2D eigenvalue weighted by Crippen LogP contribution is 2.23. The highest BCUT2D eigenvalue weighted by molar-refractivity contribution is 9.10. The van der Waals surface area contributed by atoms with Crippen LogP contribution in [0.5, 0.6) is 11.5 Å². The van der Waals surface area contributed by atoms with E-state index in [2.05, 4.69) is 21.2 Å². The molecule has 0 aromatic heterocycles. The van der Waals surface area contributed by atoms with Crippen LogP contribution >= 0.6 is 15.9 Å². The Bertz CT molecular complexity index is 985. The van der Waals surface area contributed by atoms with Gasteiger partial charge in [-0.15, -0.1) is 0 Å². The maximum Gasteiger partial charge on any atom is 0.251 e. The number of ether oxygens (including phenoxy) is 1. The summed E-state index contributed by atoms with van der Waals surface area (Å²) in [4.78, 5) is 23.6. The predicted octanol–water partition coefficient (Wildman–Crippen LogP) is 4.83. The zero-order valence-electron chi connectivity index (χ0n) is 15.2. The number of carbonyl (C=O) groups is 2. The first kappa shape index (κ1) is 19.6. The lowest BCUT2D eigenvalue weighted by atomic mass is 10.1. The summed E-state index contributed by atoms with van der Waals surface area (Å²) in [6.07, 6.45) is 0. The number of halogens is 1. The highest BCUT2D eigenvalue weighted by atomic mass is 79.9. The molecule has 0 bridgehead atoms. The first-order valence-electron chi connectivity index (χ1n) is 8.66. The third kappa shape index (κ3) is 4.98. The molecule has 1 atom stereocenters. The molecule has 5 nitrogen and oxygen atoms in total. The van der Waals surface area contributed by atoms with Gasteiger partial charge in [-0.05, 0) is 73.2 Å². The van der Waals surface area contributed by atoms with Gasteiger partial charge in [-0.25, -0.2) is 0 Å². The van der Waals surface area contributed by atoms with Gasteiger partial charge >= 0.3 is 0 Å². The van der Waals surface area contributed by atoms with Gasteiger partial charge in [-0.1, -0.05) is 28.1 Å². The topological polar surface area (TPSA) is 81.4 Å². The van der Waals surface area contributed by atoms with E-state index in [1.807, 2.05) is 31.2 Å². The summed E-state index contributed by atoms with van der Waals surface area (Å²) in [7, 11) is 0. The largest absolute Gasteiger partial charge is 0.457 e. The van der Waals surface area contributed by atoms with Crippen LogP contribution in [0.25, 0.3) is 0 Å². The molecule has 3 rings (SSSR count). The van der Waals surface area contributed by atoms with Crippen LogP contribution in [-0.2, 0) is 0 Å². The van der Waals surface area contributed by atoms with Gasteiger partial charge in [-0.2, -0.15) is 0 Å². The van der Waals surface area contributed by atoms with E-state index in [1.54, 1.807) is 48.5 Å². The Morgan fingerprint density at radius 3 is 2.04 bits per heavy atom. The van der Waals surface area contributed by atoms with Gasteiger partial charge in [-0.3, -0.25) is 9.59 Å². The minimum absolute atomic E-state index is 0.121. The second kappa shape index (κ2) is 8.71. The van der Waals surface area contributed by atoms with Gasteiger partial charge < -0.3 is 15.8 Å². The SMILES string of the molecule is CC(NC(=O)c1ccc(Oc2ccc(C(N)=O)cc2)cc1)c1cccc(Br)c1. The molecule has 3 aromatic rings. The number of primary amides is 1. The lowest BCUT2D eigenvalue weighted by Crippen LogP contribution is -2.26. The summed E-state index contributed by atoms with van der Waals surface area (Å²) in [5.41, 5.74) is 7.19. The Labute approximate surface area is 171 Å². The minimum Gasteiger partial charge on any atom is -0.457 e. The van der Waals surface area contributed by atoms with E-state index in [-0.39, 0.29) is 11.9 Å². The number of rotatable bonds is 6. The van der Waals surface area contributed by atoms with E-state index >= 15 is 0 Å². The first-order valence-corrected chi connectivity index (χ1v) is 9.46. The molecule has 3 N–H and O–H groups in total. The zero-order valence-corrected chi connectivity index (χ0v) is 16.8. The van der Waals surface area contributed by atoms with Gasteiger partial charge in [0.2, 0.25) is 5.91 Å². The number of nitrogens with one attached hydrogen (secondary N) is 1. The van der Waals surface area contributed by atoms with Crippen molar-refractivity contribution in [1.29, 1.82) is 0 Å². The summed E-state index contributed by atoms with van der Waals surface area (Å²) < 4.78 is 6.69. The van der Waals surface area contributed by atoms with E-state index in [0.29, 0.717) is 22.6 Å². The van der Waals surface area contributed by atoms with Gasteiger partial charge in [0.15, 0.2) is 0 Å². The van der Waals surface area contributed by atoms with Crippen LogP contribution in [-0.4, -0.2) is 11.8 Å². The molecule has 0 saturated heterocycles. The first-order chi connectivity index (χ1) is 13.4. The quantitative estimate of drug-likeness (QED) is 0.577. The van der Waals surface area contributed by atoms with Crippen LogP contribution in [0, 0.1) is 0 Å². The molecular weight excluding hydrogens is 420 g/mol. The van der Waals surface area contributed by atoms with Gasteiger partial charge in [0, 0.05) is 15.6 Å². The number of hydrogen-bond donors (Lipinski definition) is 2. The zero-order chi connectivity index (χ0) is 20.1. The molecule has 0 aliphatic heterocycles. The van der Waals surface area contributed by atoms with Crippen molar-refractivity contribution >= 4 is 27.7 Å². The molecule has 0 aliphatic carbocycles. The predicted molar refractivity (Wildman–Crippen MR) is 111 cm³/mol. The van der Waals surface area contributed by atoms with Crippen molar-refractivity contribution in [2.75, 3.05) is 0 Å². The van der Waals surface area contributed by atoms with Crippen molar-refractivity contribution in [3.8, 4) is 11.5 Å². The normalized spacial score (nSPS) is 11.5. The summed E-state index contributed by atoms with van der Waals surface area (Å²) in [6, 6.07) is 21.1. The van der Waals surface area contributed by atoms with Gasteiger partial charge in [0.1, 0.15) is 11.5 Å². The second-order valence-electron chi connectivity index (χ2n) is 6.27. The van der Waals surface area contributed by atoms with E-state index in [9.17, 15) is 9.59 Å². The summed E-state index contributed by atoms with van der Waals surface area (Å²) in [5, 5.41) is 2.98. The van der Waals surface area contributed by atoms with Gasteiger partial charge in [0.05, 0.1) is 6.04 Å². The van der Waals surface area contributed by atoms with Crippen LogP contribution in [0.1, 0.15) is 39.2 Å². The molecule has 2 amide bonds. The Hall–Kier alpha value is -3.12. The Morgan fingerprint density at radius 1 is 0.929 bits per heavy atom. The summed E-state index contributed by atoms with van der Waals surface area (Å²) in [6.45, 7) is 1.94. The average molecular weight is 439 g/mol. The lowest BCUT2D eigenvalue weighted by molar-refractivity contribution is 0.0938. The van der Waals surface area contributed by atoms with Crippen LogP contribution in [0.2, 0.25) is 0 Å². The van der Waals surface area contributed by atoms with E-state index in [4.69, 9.17) is 10.5 Å². The number of nitrogens with two attached hydrogens (primary N) is 1. The molecular formula is C22H19BrN2O3. The molecule has 0 aliphatic rings. The maximum atomic E-state index is 12.5. The minimum atomic E-state index is -0.487. The molecule has 3 aromatic carbocycles. The lowest BCUT2D eigenvalue weighted by Gasteiger charge is -2.15. The van der Waals surface area contributed by atoms with Crippen molar-refractivity contribution in [3.05, 3.63) is 94.0 Å². The third-order valence-electron chi connectivity index (χ3n) is 4.19. The standard InChI is InChI=1S/C22H19BrN2O3/c1-14(17-3-2-4-18(23)13-17)25-22(27)16-7-11-20(12-8-16)28-19-9-5-15(6-10-19)21(24)26/h2-14H,1H3,(H2,24,26)(H,25,27). The summed E-state index contributed by atoms with van der Waals surface area (Å²) in [5.74, 6) is 0.512. The van der Waals surface area contributed by atoms with E-state index in [0.717, 1.165) is 10.0 Å². The Morgan fingerprint density at radius 2 is 1.50 bits per heavy atom. The Balaban J connectivity index is 1.63. The maximum absolute atomic E-state index is 12.5. The molecule has 0 fully saturated rings. The van der Waals surface area contributed by atoms with Crippen LogP contribution < -0.4 is 15.8 Å². The van der Waals surface area contributed by atoms with Crippen molar-refractivity contribution in [1.82, 2.24) is 5.32 Å². The fourth-order valence-corrected chi connectivity index (χ4v) is 3.05. The molecule has 28 heavy (non-hydrogen) atoms. The number of benzene rings is 3. The van der Waals surface area contributed by atoms with Crippen LogP contribution in [0.4, 0.5) is 0 Å². The Kier molecular flexibility index (Phi) is 6.11. The molecule has 0 saturated carbocycles. The van der Waals surface area contributed by atoms with E-state index in [1.165, 1.54) is 0 Å². The van der Waals surface area contributed by atoms with Crippen molar-refractivity contribution < 1.29 is 14.3 Å². The molecule has 0 radical (unpaired) electrons. The fourth-order valence-electron chi connectivity index (χ4n) is 2.64. The van der Waals surface area contributed by atoms with Crippen molar-refractivity contribution in [2.45, 2.75) is 13.0 Å². The monoisotopic (exact) mass is 438 g/mol. The number of hydrogen-bond acceptors (Lipinski definition) is 3. The van der Waals surface area contributed by atoms with Crippen LogP contribution in [0.3, 0.4) is 0 Å². The van der Waals surface area contributed by atoms with E-state index < -0.39 is 5.91 Å². The number of amides is 2.